The Morgan fingerprint density at radius 1 is 0.680 bits per heavy atom. The molecule has 2 rings (SSSR count). The molecule has 0 aromatic heterocycles. The first-order valence-electron chi connectivity index (χ1n) is 8.54. The molecule has 2 aromatic rings. The Bertz CT molecular complexity index is 513. The van der Waals surface area contributed by atoms with Crippen LogP contribution in [0.3, 0.4) is 0 Å². The standard InChI is InChI=1S/C20H27NO4/c22-19(15-24-13-17-7-3-1-4-8-17)11-21-12-20(23)16-25-14-18-9-5-2-6-10-18/h1-10,19-23H,11-16H2/t19-,20+. The van der Waals surface area contributed by atoms with Gasteiger partial charge in [-0.1, -0.05) is 60.7 Å². The van der Waals surface area contributed by atoms with Crippen LogP contribution in [0.1, 0.15) is 11.1 Å². The maximum absolute atomic E-state index is 9.86. The predicted octanol–water partition coefficient (Wildman–Crippen LogP) is 1.73. The van der Waals surface area contributed by atoms with Crippen molar-refractivity contribution in [2.24, 2.45) is 0 Å². The highest BCUT2D eigenvalue weighted by Gasteiger charge is 2.08. The van der Waals surface area contributed by atoms with E-state index in [4.69, 9.17) is 9.47 Å². The summed E-state index contributed by atoms with van der Waals surface area (Å²) in [5.74, 6) is 0. The van der Waals surface area contributed by atoms with Crippen LogP contribution in [0, 0.1) is 0 Å². The van der Waals surface area contributed by atoms with Crippen LogP contribution in [0.15, 0.2) is 60.7 Å². The van der Waals surface area contributed by atoms with Crippen LogP contribution in [0.2, 0.25) is 0 Å². The zero-order valence-electron chi connectivity index (χ0n) is 14.4. The number of aliphatic hydroxyl groups is 2. The van der Waals surface area contributed by atoms with Crippen LogP contribution in [0.4, 0.5) is 0 Å². The van der Waals surface area contributed by atoms with E-state index in [1.54, 1.807) is 0 Å². The van der Waals surface area contributed by atoms with Gasteiger partial charge in [0.15, 0.2) is 0 Å². The minimum absolute atomic E-state index is 0.252. The van der Waals surface area contributed by atoms with E-state index in [1.165, 1.54) is 0 Å². The van der Waals surface area contributed by atoms with Gasteiger partial charge in [-0.2, -0.15) is 0 Å². The molecule has 0 aliphatic rings. The second kappa shape index (κ2) is 11.7. The Kier molecular flexibility index (Phi) is 9.18. The number of aliphatic hydroxyl groups excluding tert-OH is 2. The monoisotopic (exact) mass is 345 g/mol. The van der Waals surface area contributed by atoms with E-state index in [0.29, 0.717) is 26.3 Å². The SMILES string of the molecule is O[C@H](CNC[C@H](O)COCc1ccccc1)COCc1ccccc1. The van der Waals surface area contributed by atoms with Crippen LogP contribution in [-0.2, 0) is 22.7 Å². The van der Waals surface area contributed by atoms with Crippen molar-refractivity contribution in [2.45, 2.75) is 25.4 Å². The summed E-state index contributed by atoms with van der Waals surface area (Å²) in [6, 6.07) is 19.7. The average Bonchev–Trinajstić information content (AvgIpc) is 2.63. The van der Waals surface area contributed by atoms with Crippen LogP contribution in [0.25, 0.3) is 0 Å². The van der Waals surface area contributed by atoms with Gasteiger partial charge in [0.2, 0.25) is 0 Å². The third-order valence-electron chi connectivity index (χ3n) is 3.60. The molecular formula is C20H27NO4. The lowest BCUT2D eigenvalue weighted by Gasteiger charge is -2.15. The van der Waals surface area contributed by atoms with Crippen molar-refractivity contribution >= 4 is 0 Å². The maximum atomic E-state index is 9.86. The van der Waals surface area contributed by atoms with E-state index >= 15 is 0 Å². The summed E-state index contributed by atoms with van der Waals surface area (Å²) in [5, 5.41) is 22.8. The Balaban J connectivity index is 1.48. The minimum Gasteiger partial charge on any atom is -0.389 e. The largest absolute Gasteiger partial charge is 0.389 e. The molecule has 0 unspecified atom stereocenters. The first-order chi connectivity index (χ1) is 12.2. The Morgan fingerprint density at radius 3 is 1.48 bits per heavy atom. The summed E-state index contributed by atoms with van der Waals surface area (Å²) in [4.78, 5) is 0. The molecule has 0 saturated carbocycles. The van der Waals surface area contributed by atoms with Gasteiger partial charge in [-0.25, -0.2) is 0 Å². The Hall–Kier alpha value is -1.76. The molecule has 0 aliphatic heterocycles. The van der Waals surface area contributed by atoms with Crippen molar-refractivity contribution in [1.82, 2.24) is 5.32 Å². The number of nitrogens with one attached hydrogen (secondary N) is 1. The van der Waals surface area contributed by atoms with Gasteiger partial charge in [0.1, 0.15) is 0 Å². The van der Waals surface area contributed by atoms with E-state index < -0.39 is 12.2 Å². The van der Waals surface area contributed by atoms with Gasteiger partial charge in [0.05, 0.1) is 38.6 Å². The molecule has 0 fully saturated rings. The molecule has 0 amide bonds. The topological polar surface area (TPSA) is 71.0 Å². The molecule has 5 heteroatoms. The highest BCUT2D eigenvalue weighted by Crippen LogP contribution is 2.02. The Labute approximate surface area is 149 Å². The second-order valence-electron chi connectivity index (χ2n) is 5.97. The third kappa shape index (κ3) is 8.77. The lowest BCUT2D eigenvalue weighted by Crippen LogP contribution is -2.36. The van der Waals surface area contributed by atoms with Gasteiger partial charge in [-0.05, 0) is 11.1 Å². The quantitative estimate of drug-likeness (QED) is 0.546. The molecule has 2 atom stereocenters. The molecule has 0 saturated heterocycles. The lowest BCUT2D eigenvalue weighted by atomic mass is 10.2. The highest BCUT2D eigenvalue weighted by atomic mass is 16.5. The van der Waals surface area contributed by atoms with Gasteiger partial charge in [0, 0.05) is 13.1 Å². The summed E-state index contributed by atoms with van der Waals surface area (Å²) in [6.45, 7) is 2.20. The summed E-state index contributed by atoms with van der Waals surface area (Å²) in [6.07, 6.45) is -1.22. The van der Waals surface area contributed by atoms with Crippen LogP contribution < -0.4 is 5.32 Å². The van der Waals surface area contributed by atoms with Crippen LogP contribution >= 0.6 is 0 Å². The van der Waals surface area contributed by atoms with Gasteiger partial charge in [0.25, 0.3) is 0 Å². The zero-order valence-corrected chi connectivity index (χ0v) is 14.4. The molecule has 3 N–H and O–H groups in total. The zero-order chi connectivity index (χ0) is 17.7. The summed E-state index contributed by atoms with van der Waals surface area (Å²) in [5.41, 5.74) is 2.15. The molecule has 0 aliphatic carbocycles. The number of hydrogen-bond donors (Lipinski definition) is 3. The van der Waals surface area contributed by atoms with Crippen molar-refractivity contribution in [3.05, 3.63) is 71.8 Å². The predicted molar refractivity (Wildman–Crippen MR) is 97.1 cm³/mol. The molecule has 25 heavy (non-hydrogen) atoms. The molecule has 0 heterocycles. The molecule has 2 aromatic carbocycles. The first kappa shape index (κ1) is 19.6. The number of hydrogen-bond acceptors (Lipinski definition) is 5. The first-order valence-corrected chi connectivity index (χ1v) is 8.54. The van der Waals surface area contributed by atoms with Crippen molar-refractivity contribution in [3.63, 3.8) is 0 Å². The van der Waals surface area contributed by atoms with Crippen molar-refractivity contribution in [2.75, 3.05) is 26.3 Å². The minimum atomic E-state index is -0.610. The molecule has 0 bridgehead atoms. The van der Waals surface area contributed by atoms with Crippen molar-refractivity contribution in [3.8, 4) is 0 Å². The number of rotatable bonds is 12. The molecule has 0 spiro atoms. The van der Waals surface area contributed by atoms with E-state index in [0.717, 1.165) is 11.1 Å². The van der Waals surface area contributed by atoms with Crippen LogP contribution in [-0.4, -0.2) is 48.7 Å². The number of ether oxygens (including phenoxy) is 2. The molecule has 0 radical (unpaired) electrons. The lowest BCUT2D eigenvalue weighted by molar-refractivity contribution is 0.0164. The van der Waals surface area contributed by atoms with E-state index in [-0.39, 0.29) is 13.2 Å². The van der Waals surface area contributed by atoms with E-state index in [9.17, 15) is 10.2 Å². The van der Waals surface area contributed by atoms with Gasteiger partial charge in [-0.15, -0.1) is 0 Å². The summed E-state index contributed by atoms with van der Waals surface area (Å²) >= 11 is 0. The fraction of sp³-hybridized carbons (Fsp3) is 0.400. The smallest absolute Gasteiger partial charge is 0.0897 e. The maximum Gasteiger partial charge on any atom is 0.0897 e. The van der Waals surface area contributed by atoms with Crippen molar-refractivity contribution in [1.29, 1.82) is 0 Å². The fourth-order valence-electron chi connectivity index (χ4n) is 2.31. The average molecular weight is 345 g/mol. The molecular weight excluding hydrogens is 318 g/mol. The summed E-state index contributed by atoms with van der Waals surface area (Å²) < 4.78 is 11.0. The van der Waals surface area contributed by atoms with E-state index in [2.05, 4.69) is 5.32 Å². The van der Waals surface area contributed by atoms with Gasteiger partial charge < -0.3 is 25.0 Å². The van der Waals surface area contributed by atoms with E-state index in [1.807, 2.05) is 60.7 Å². The second-order valence-corrected chi connectivity index (χ2v) is 5.97. The molecule has 136 valence electrons. The Morgan fingerprint density at radius 2 is 1.08 bits per heavy atom. The fourth-order valence-corrected chi connectivity index (χ4v) is 2.31. The summed E-state index contributed by atoms with van der Waals surface area (Å²) in [7, 11) is 0. The third-order valence-corrected chi connectivity index (χ3v) is 3.60. The van der Waals surface area contributed by atoms with Gasteiger partial charge >= 0.3 is 0 Å². The normalized spacial score (nSPS) is 13.5. The van der Waals surface area contributed by atoms with Crippen LogP contribution in [0.5, 0.6) is 0 Å². The molecule has 5 nitrogen and oxygen atoms in total. The van der Waals surface area contributed by atoms with Gasteiger partial charge in [-0.3, -0.25) is 0 Å². The highest BCUT2D eigenvalue weighted by molar-refractivity contribution is 5.14. The number of benzene rings is 2. The van der Waals surface area contributed by atoms with Crippen molar-refractivity contribution < 1.29 is 19.7 Å².